The van der Waals surface area contributed by atoms with Crippen molar-refractivity contribution >= 4 is 11.6 Å². The first-order valence-electron chi connectivity index (χ1n) is 4.95. The molecule has 1 rings (SSSR count). The van der Waals surface area contributed by atoms with Gasteiger partial charge in [-0.05, 0) is 30.5 Å². The van der Waals surface area contributed by atoms with Crippen LogP contribution in [-0.2, 0) is 11.2 Å². The van der Waals surface area contributed by atoms with E-state index >= 15 is 0 Å². The van der Waals surface area contributed by atoms with Crippen molar-refractivity contribution < 1.29 is 4.74 Å². The summed E-state index contributed by atoms with van der Waals surface area (Å²) in [5.41, 5.74) is 4.01. The maximum absolute atomic E-state index is 5.81. The van der Waals surface area contributed by atoms with Crippen LogP contribution in [0.4, 0.5) is 0 Å². The molecule has 0 fully saturated rings. The van der Waals surface area contributed by atoms with E-state index in [1.54, 1.807) is 7.11 Å². The van der Waals surface area contributed by atoms with Crippen LogP contribution in [0.1, 0.15) is 12.0 Å². The number of methoxy groups -OCH3 is 1. The Bertz CT molecular complexity index is 276. The fraction of sp³-hybridized carbons (Fsp3) is 0.455. The van der Waals surface area contributed by atoms with Crippen LogP contribution in [0, 0.1) is 0 Å². The first-order valence-corrected chi connectivity index (χ1v) is 5.33. The molecule has 0 aliphatic rings. The number of nitrogens with two attached hydrogens (primary N) is 1. The van der Waals surface area contributed by atoms with Crippen molar-refractivity contribution in [2.75, 3.05) is 13.7 Å². The molecule has 0 amide bonds. The van der Waals surface area contributed by atoms with E-state index < -0.39 is 0 Å². The summed E-state index contributed by atoms with van der Waals surface area (Å²) in [4.78, 5) is 0. The normalized spacial score (nSPS) is 12.7. The second-order valence-corrected chi connectivity index (χ2v) is 3.91. The van der Waals surface area contributed by atoms with Crippen LogP contribution < -0.4 is 11.3 Å². The van der Waals surface area contributed by atoms with Crippen molar-refractivity contribution in [2.45, 2.75) is 18.9 Å². The van der Waals surface area contributed by atoms with Gasteiger partial charge in [0.25, 0.3) is 0 Å². The summed E-state index contributed by atoms with van der Waals surface area (Å²) >= 11 is 5.81. The van der Waals surface area contributed by atoms with E-state index in [0.29, 0.717) is 6.61 Å². The number of nitrogens with one attached hydrogen (secondary N) is 1. The first-order chi connectivity index (χ1) is 7.26. The first kappa shape index (κ1) is 12.5. The third-order valence-electron chi connectivity index (χ3n) is 2.30. The van der Waals surface area contributed by atoms with E-state index in [9.17, 15) is 0 Å². The molecule has 1 unspecified atom stereocenters. The Morgan fingerprint density at radius 2 is 2.07 bits per heavy atom. The lowest BCUT2D eigenvalue weighted by atomic mass is 10.0. The molecule has 1 atom stereocenters. The molecule has 3 nitrogen and oxygen atoms in total. The van der Waals surface area contributed by atoms with E-state index in [1.807, 2.05) is 24.3 Å². The molecule has 3 N–H and O–H groups in total. The van der Waals surface area contributed by atoms with Gasteiger partial charge in [-0.3, -0.25) is 11.3 Å². The highest BCUT2D eigenvalue weighted by Crippen LogP contribution is 2.11. The second kappa shape index (κ2) is 6.80. The molecule has 4 heteroatoms. The number of benzene rings is 1. The summed E-state index contributed by atoms with van der Waals surface area (Å²) in [7, 11) is 1.69. The SMILES string of the molecule is COCCC(Cc1ccc(Cl)cc1)NN. The molecule has 1 aromatic carbocycles. The maximum Gasteiger partial charge on any atom is 0.0477 e. The van der Waals surface area contributed by atoms with Crippen molar-refractivity contribution in [3.63, 3.8) is 0 Å². The van der Waals surface area contributed by atoms with Gasteiger partial charge in [-0.15, -0.1) is 0 Å². The number of hydrogen-bond acceptors (Lipinski definition) is 3. The molecule has 0 saturated carbocycles. The van der Waals surface area contributed by atoms with Crippen LogP contribution in [0.5, 0.6) is 0 Å². The minimum absolute atomic E-state index is 0.242. The van der Waals surface area contributed by atoms with Crippen LogP contribution in [0.3, 0.4) is 0 Å². The van der Waals surface area contributed by atoms with E-state index in [-0.39, 0.29) is 6.04 Å². The van der Waals surface area contributed by atoms with Gasteiger partial charge in [-0.1, -0.05) is 23.7 Å². The minimum atomic E-state index is 0.242. The lowest BCUT2D eigenvalue weighted by Crippen LogP contribution is -2.37. The van der Waals surface area contributed by atoms with E-state index in [4.69, 9.17) is 22.2 Å². The molecule has 1 aromatic rings. The number of halogens is 1. The highest BCUT2D eigenvalue weighted by atomic mass is 35.5. The molecule has 15 heavy (non-hydrogen) atoms. The molecule has 0 saturated heterocycles. The van der Waals surface area contributed by atoms with Gasteiger partial charge in [-0.25, -0.2) is 0 Å². The minimum Gasteiger partial charge on any atom is -0.385 e. The number of hydrogen-bond donors (Lipinski definition) is 2. The van der Waals surface area contributed by atoms with Crippen molar-refractivity contribution in [3.05, 3.63) is 34.9 Å². The van der Waals surface area contributed by atoms with Crippen LogP contribution >= 0.6 is 11.6 Å². The lowest BCUT2D eigenvalue weighted by Gasteiger charge is -2.15. The Morgan fingerprint density at radius 3 is 2.60 bits per heavy atom. The van der Waals surface area contributed by atoms with E-state index in [1.165, 1.54) is 5.56 Å². The maximum atomic E-state index is 5.81. The summed E-state index contributed by atoms with van der Waals surface area (Å²) in [5.74, 6) is 5.46. The fourth-order valence-electron chi connectivity index (χ4n) is 1.41. The quantitative estimate of drug-likeness (QED) is 0.576. The third-order valence-corrected chi connectivity index (χ3v) is 2.55. The Kier molecular flexibility index (Phi) is 5.65. The van der Waals surface area contributed by atoms with Gasteiger partial charge in [0, 0.05) is 24.8 Å². The summed E-state index contributed by atoms with van der Waals surface area (Å²) in [5, 5.41) is 0.757. The molecule has 0 aliphatic carbocycles. The Morgan fingerprint density at radius 1 is 1.40 bits per heavy atom. The van der Waals surface area contributed by atoms with Gasteiger partial charge in [0.05, 0.1) is 0 Å². The number of ether oxygens (including phenoxy) is 1. The lowest BCUT2D eigenvalue weighted by molar-refractivity contribution is 0.182. The Labute approximate surface area is 95.5 Å². The topological polar surface area (TPSA) is 47.3 Å². The zero-order valence-corrected chi connectivity index (χ0v) is 9.63. The summed E-state index contributed by atoms with van der Waals surface area (Å²) < 4.78 is 5.01. The molecule has 0 spiro atoms. The van der Waals surface area contributed by atoms with Crippen molar-refractivity contribution in [2.24, 2.45) is 5.84 Å². The predicted octanol–water partition coefficient (Wildman–Crippen LogP) is 1.75. The zero-order valence-electron chi connectivity index (χ0n) is 8.87. The average Bonchev–Trinajstić information content (AvgIpc) is 2.27. The molecular weight excluding hydrogens is 212 g/mol. The van der Waals surface area contributed by atoms with E-state index in [2.05, 4.69) is 5.43 Å². The van der Waals surface area contributed by atoms with Crippen LogP contribution in [0.25, 0.3) is 0 Å². The molecule has 0 aromatic heterocycles. The van der Waals surface area contributed by atoms with Gasteiger partial charge >= 0.3 is 0 Å². The number of hydrazine groups is 1. The molecule has 0 aliphatic heterocycles. The molecule has 0 radical (unpaired) electrons. The summed E-state index contributed by atoms with van der Waals surface area (Å²) in [6, 6.07) is 8.05. The zero-order chi connectivity index (χ0) is 11.1. The molecule has 84 valence electrons. The predicted molar refractivity (Wildman–Crippen MR) is 62.8 cm³/mol. The Balaban J connectivity index is 2.47. The fourth-order valence-corrected chi connectivity index (χ4v) is 1.54. The van der Waals surface area contributed by atoms with Gasteiger partial charge in [0.1, 0.15) is 0 Å². The summed E-state index contributed by atoms with van der Waals surface area (Å²) in [6.45, 7) is 0.711. The highest BCUT2D eigenvalue weighted by molar-refractivity contribution is 6.30. The average molecular weight is 229 g/mol. The van der Waals surface area contributed by atoms with Crippen molar-refractivity contribution in [3.8, 4) is 0 Å². The van der Waals surface area contributed by atoms with E-state index in [0.717, 1.165) is 17.9 Å². The van der Waals surface area contributed by atoms with Crippen molar-refractivity contribution in [1.82, 2.24) is 5.43 Å². The van der Waals surface area contributed by atoms with Crippen LogP contribution in [0.15, 0.2) is 24.3 Å². The highest BCUT2D eigenvalue weighted by Gasteiger charge is 2.06. The van der Waals surface area contributed by atoms with Gasteiger partial charge in [0.2, 0.25) is 0 Å². The third kappa shape index (κ3) is 4.62. The molecular formula is C11H17ClN2O. The largest absolute Gasteiger partial charge is 0.385 e. The smallest absolute Gasteiger partial charge is 0.0477 e. The van der Waals surface area contributed by atoms with Gasteiger partial charge < -0.3 is 4.74 Å². The van der Waals surface area contributed by atoms with Gasteiger partial charge in [-0.2, -0.15) is 0 Å². The Hall–Kier alpha value is -0.610. The number of rotatable bonds is 6. The molecule has 0 heterocycles. The molecule has 0 bridgehead atoms. The standard InChI is InChI=1S/C11H17ClN2O/c1-15-7-6-11(14-13)8-9-2-4-10(12)5-3-9/h2-5,11,14H,6-8,13H2,1H3. The van der Waals surface area contributed by atoms with Gasteiger partial charge in [0.15, 0.2) is 0 Å². The summed E-state index contributed by atoms with van der Waals surface area (Å²) in [6.07, 6.45) is 1.78. The van der Waals surface area contributed by atoms with Crippen molar-refractivity contribution in [1.29, 1.82) is 0 Å². The monoisotopic (exact) mass is 228 g/mol. The second-order valence-electron chi connectivity index (χ2n) is 3.48. The van der Waals surface area contributed by atoms with Crippen LogP contribution in [-0.4, -0.2) is 19.8 Å². The van der Waals surface area contributed by atoms with Crippen LogP contribution in [0.2, 0.25) is 5.02 Å².